The minimum Gasteiger partial charge on any atom is -0.316 e. The first-order valence-electron chi connectivity index (χ1n) is 7.35. The van der Waals surface area contributed by atoms with E-state index in [0.29, 0.717) is 16.2 Å². The van der Waals surface area contributed by atoms with Gasteiger partial charge in [-0.05, 0) is 35.9 Å². The van der Waals surface area contributed by atoms with Gasteiger partial charge in [0, 0.05) is 18.6 Å². The van der Waals surface area contributed by atoms with E-state index in [-0.39, 0.29) is 10.8 Å². The van der Waals surface area contributed by atoms with Crippen molar-refractivity contribution in [1.29, 1.82) is 0 Å². The van der Waals surface area contributed by atoms with E-state index in [2.05, 4.69) is 4.99 Å². The molecule has 1 amide bonds. The van der Waals surface area contributed by atoms with Crippen LogP contribution in [0.5, 0.6) is 0 Å². The van der Waals surface area contributed by atoms with E-state index in [1.54, 1.807) is 36.0 Å². The third-order valence-corrected chi connectivity index (χ3v) is 7.13. The number of benzene rings is 1. The first-order valence-corrected chi connectivity index (χ1v) is 12.3. The fourth-order valence-electron chi connectivity index (χ4n) is 2.31. The fraction of sp³-hybridized carbons (Fsp3) is 0.250. The van der Waals surface area contributed by atoms with E-state index in [0.717, 1.165) is 16.0 Å². The Labute approximate surface area is 158 Å². The number of amides is 1. The lowest BCUT2D eigenvalue weighted by atomic mass is 10.3. The molecule has 0 aliphatic carbocycles. The molecule has 0 aliphatic heterocycles. The highest BCUT2D eigenvalue weighted by Crippen LogP contribution is 2.22. The molecular formula is C16H16N2O3S4. The summed E-state index contributed by atoms with van der Waals surface area (Å²) in [5, 5.41) is 1.84. The second kappa shape index (κ2) is 7.45. The van der Waals surface area contributed by atoms with Gasteiger partial charge in [-0.25, -0.2) is 8.42 Å². The molecular weight excluding hydrogens is 396 g/mol. The molecule has 1 aromatic carbocycles. The van der Waals surface area contributed by atoms with Crippen LogP contribution in [0, 0.1) is 0 Å². The van der Waals surface area contributed by atoms with Crippen LogP contribution in [0.15, 0.2) is 45.6 Å². The van der Waals surface area contributed by atoms with Crippen molar-refractivity contribution in [2.45, 2.75) is 11.4 Å². The molecule has 3 aromatic rings. The monoisotopic (exact) mass is 412 g/mol. The van der Waals surface area contributed by atoms with Gasteiger partial charge in [0.05, 0.1) is 20.0 Å². The minimum atomic E-state index is -3.28. The van der Waals surface area contributed by atoms with Gasteiger partial charge >= 0.3 is 0 Å². The lowest BCUT2D eigenvalue weighted by Gasteiger charge is -2.04. The molecule has 5 nitrogen and oxygen atoms in total. The zero-order chi connectivity index (χ0) is 18.0. The summed E-state index contributed by atoms with van der Waals surface area (Å²) in [6, 6.07) is 8.61. The summed E-state index contributed by atoms with van der Waals surface area (Å²) in [5.41, 5.74) is 0.893. The van der Waals surface area contributed by atoms with Gasteiger partial charge in [-0.3, -0.25) is 4.79 Å². The van der Waals surface area contributed by atoms with E-state index >= 15 is 0 Å². The zero-order valence-electron chi connectivity index (χ0n) is 13.6. The number of hydrogen-bond donors (Lipinski definition) is 0. The number of aromatic nitrogens is 1. The summed E-state index contributed by atoms with van der Waals surface area (Å²) in [6.45, 7) is 0.704. The Kier molecular flexibility index (Phi) is 5.47. The van der Waals surface area contributed by atoms with Gasteiger partial charge in [0.25, 0.3) is 5.91 Å². The third kappa shape index (κ3) is 4.05. The minimum absolute atomic E-state index is 0.273. The van der Waals surface area contributed by atoms with Crippen molar-refractivity contribution in [3.63, 3.8) is 0 Å². The number of fused-ring (bicyclic) bond motifs is 1. The summed E-state index contributed by atoms with van der Waals surface area (Å²) in [7, 11) is -3.28. The molecule has 0 unspecified atom stereocenters. The number of thioether (sulfide) groups is 1. The van der Waals surface area contributed by atoms with E-state index in [4.69, 9.17) is 0 Å². The molecule has 0 radical (unpaired) electrons. The lowest BCUT2D eigenvalue weighted by molar-refractivity contribution is 0.100. The number of thiazole rings is 1. The highest BCUT2D eigenvalue weighted by molar-refractivity contribution is 7.98. The largest absolute Gasteiger partial charge is 0.316 e. The van der Waals surface area contributed by atoms with Crippen molar-refractivity contribution >= 4 is 60.4 Å². The number of aryl methyl sites for hydroxylation is 1. The predicted octanol–water partition coefficient (Wildman–Crippen LogP) is 3.27. The molecule has 0 bridgehead atoms. The number of sulfone groups is 1. The van der Waals surface area contributed by atoms with Crippen LogP contribution >= 0.6 is 34.4 Å². The van der Waals surface area contributed by atoms with Crippen LogP contribution in [0.4, 0.5) is 0 Å². The Balaban J connectivity index is 2.17. The molecule has 0 aliphatic rings. The fourth-order valence-corrected chi connectivity index (χ4v) is 5.10. The summed E-state index contributed by atoms with van der Waals surface area (Å²) in [6.07, 6.45) is 3.21. The molecule has 2 heterocycles. The van der Waals surface area contributed by atoms with Crippen molar-refractivity contribution in [3.8, 4) is 0 Å². The van der Waals surface area contributed by atoms with E-state index in [1.807, 2.05) is 22.3 Å². The Morgan fingerprint density at radius 1 is 1.32 bits per heavy atom. The Morgan fingerprint density at radius 3 is 2.76 bits per heavy atom. The number of carbonyl (C=O) groups is 1. The van der Waals surface area contributed by atoms with E-state index in [1.165, 1.54) is 28.9 Å². The molecule has 0 N–H and O–H groups in total. The summed E-state index contributed by atoms with van der Waals surface area (Å²) in [5.74, 6) is 0.600. The molecule has 9 heteroatoms. The maximum atomic E-state index is 12.3. The van der Waals surface area contributed by atoms with Gasteiger partial charge in [0.2, 0.25) is 0 Å². The van der Waals surface area contributed by atoms with E-state index < -0.39 is 9.84 Å². The summed E-state index contributed by atoms with van der Waals surface area (Å²) < 4.78 is 26.4. The van der Waals surface area contributed by atoms with Gasteiger partial charge in [0.1, 0.15) is 0 Å². The lowest BCUT2D eigenvalue weighted by Crippen LogP contribution is -2.18. The van der Waals surface area contributed by atoms with Gasteiger partial charge < -0.3 is 4.57 Å². The topological polar surface area (TPSA) is 68.5 Å². The number of thiophene rings is 1. The Hall–Kier alpha value is -1.42. The second-order valence-corrected chi connectivity index (χ2v) is 10.3. The van der Waals surface area contributed by atoms with Crippen molar-refractivity contribution in [2.24, 2.45) is 4.99 Å². The van der Waals surface area contributed by atoms with Crippen LogP contribution < -0.4 is 4.80 Å². The van der Waals surface area contributed by atoms with Gasteiger partial charge in [-0.15, -0.1) is 11.3 Å². The highest BCUT2D eigenvalue weighted by atomic mass is 32.2. The maximum absolute atomic E-state index is 12.3. The van der Waals surface area contributed by atoms with Crippen LogP contribution in [0.1, 0.15) is 9.67 Å². The van der Waals surface area contributed by atoms with Crippen molar-refractivity contribution in [1.82, 2.24) is 4.57 Å². The van der Waals surface area contributed by atoms with Crippen LogP contribution in [0.3, 0.4) is 0 Å². The molecule has 25 heavy (non-hydrogen) atoms. The summed E-state index contributed by atoms with van der Waals surface area (Å²) in [4.78, 5) is 18.1. The Bertz CT molecular complexity index is 1080. The van der Waals surface area contributed by atoms with Gasteiger partial charge in [-0.1, -0.05) is 17.4 Å². The summed E-state index contributed by atoms with van der Waals surface area (Å²) >= 11 is 4.40. The maximum Gasteiger partial charge on any atom is 0.289 e. The molecule has 0 atom stereocenters. The van der Waals surface area contributed by atoms with Crippen molar-refractivity contribution in [3.05, 3.63) is 45.4 Å². The van der Waals surface area contributed by atoms with Crippen LogP contribution in [0.25, 0.3) is 10.2 Å². The standard InChI is InChI=1S/C16H16N2O3S4/c1-22-9-7-18-12-6-5-11(25(2,20)21)10-14(12)24-16(18)17-15(19)13-4-3-8-23-13/h3-6,8,10H,7,9H2,1-2H3. The second-order valence-electron chi connectivity index (χ2n) is 5.33. The van der Waals surface area contributed by atoms with Gasteiger partial charge in [0.15, 0.2) is 14.6 Å². The van der Waals surface area contributed by atoms with Crippen LogP contribution in [-0.4, -0.2) is 37.2 Å². The average molecular weight is 413 g/mol. The third-order valence-electron chi connectivity index (χ3n) is 3.53. The first kappa shape index (κ1) is 18.4. The Morgan fingerprint density at radius 2 is 2.12 bits per heavy atom. The van der Waals surface area contributed by atoms with Crippen LogP contribution in [0.2, 0.25) is 0 Å². The van der Waals surface area contributed by atoms with Crippen LogP contribution in [-0.2, 0) is 16.4 Å². The average Bonchev–Trinajstić information content (AvgIpc) is 3.19. The number of hydrogen-bond acceptors (Lipinski definition) is 6. The van der Waals surface area contributed by atoms with Crippen molar-refractivity contribution in [2.75, 3.05) is 18.3 Å². The number of carbonyl (C=O) groups excluding carboxylic acids is 1. The molecule has 2 aromatic heterocycles. The molecule has 132 valence electrons. The SMILES string of the molecule is CSCCn1c(=NC(=O)c2cccs2)sc2cc(S(C)(=O)=O)ccc21. The normalized spacial score (nSPS) is 12.8. The predicted molar refractivity (Wildman–Crippen MR) is 106 cm³/mol. The molecule has 3 rings (SSSR count). The number of nitrogens with zero attached hydrogens (tertiary/aromatic N) is 2. The molecule has 0 saturated carbocycles. The highest BCUT2D eigenvalue weighted by Gasteiger charge is 2.13. The molecule has 0 fully saturated rings. The number of rotatable bonds is 5. The first-order chi connectivity index (χ1) is 11.9. The van der Waals surface area contributed by atoms with Gasteiger partial charge in [-0.2, -0.15) is 16.8 Å². The quantitative estimate of drug-likeness (QED) is 0.645. The zero-order valence-corrected chi connectivity index (χ0v) is 16.9. The molecule has 0 spiro atoms. The van der Waals surface area contributed by atoms with E-state index in [9.17, 15) is 13.2 Å². The smallest absolute Gasteiger partial charge is 0.289 e. The molecule has 0 saturated heterocycles. The van der Waals surface area contributed by atoms with Crippen molar-refractivity contribution < 1.29 is 13.2 Å².